The van der Waals surface area contributed by atoms with E-state index in [1.165, 1.54) is 22.3 Å². The van der Waals surface area contributed by atoms with Gasteiger partial charge in [-0.25, -0.2) is 0 Å². The van der Waals surface area contributed by atoms with Gasteiger partial charge < -0.3 is 9.26 Å². The molecule has 1 fully saturated rings. The van der Waals surface area contributed by atoms with E-state index in [9.17, 15) is 0 Å². The van der Waals surface area contributed by atoms with Crippen molar-refractivity contribution < 1.29 is 9.26 Å². The molecule has 0 radical (unpaired) electrons. The molecule has 1 aromatic carbocycles. The Morgan fingerprint density at radius 1 is 1.17 bits per heavy atom. The molecule has 1 aliphatic rings. The Kier molecular flexibility index (Phi) is 4.55. The molecule has 4 nitrogen and oxygen atoms in total. The zero-order valence-electron chi connectivity index (χ0n) is 14.7. The van der Waals surface area contributed by atoms with E-state index in [1.807, 2.05) is 13.0 Å². The van der Waals surface area contributed by atoms with Crippen molar-refractivity contribution in [2.45, 2.75) is 52.9 Å². The molecule has 0 amide bonds. The van der Waals surface area contributed by atoms with Crippen molar-refractivity contribution >= 4 is 0 Å². The van der Waals surface area contributed by atoms with Crippen molar-refractivity contribution in [1.29, 1.82) is 0 Å². The molecular weight excluding hydrogens is 288 g/mol. The average molecular weight is 314 g/mol. The van der Waals surface area contributed by atoms with Gasteiger partial charge in [-0.15, -0.1) is 0 Å². The second-order valence-electron chi connectivity index (χ2n) is 6.87. The van der Waals surface area contributed by atoms with Crippen LogP contribution in [0, 0.1) is 27.7 Å². The normalized spacial score (nSPS) is 22.0. The summed E-state index contributed by atoms with van der Waals surface area (Å²) >= 11 is 0. The van der Waals surface area contributed by atoms with Gasteiger partial charge in [-0.2, -0.15) is 0 Å². The maximum Gasteiger partial charge on any atom is 0.154 e. The van der Waals surface area contributed by atoms with Crippen molar-refractivity contribution in [1.82, 2.24) is 10.1 Å². The van der Waals surface area contributed by atoms with Crippen LogP contribution in [0.3, 0.4) is 0 Å². The highest BCUT2D eigenvalue weighted by atomic mass is 16.5. The number of ether oxygens (including phenoxy) is 1. The highest BCUT2D eigenvalue weighted by Gasteiger charge is 2.33. The lowest BCUT2D eigenvalue weighted by Gasteiger charge is -2.16. The molecule has 4 heteroatoms. The molecule has 2 atom stereocenters. The molecule has 23 heavy (non-hydrogen) atoms. The summed E-state index contributed by atoms with van der Waals surface area (Å²) in [6, 6.07) is 6.75. The second-order valence-corrected chi connectivity index (χ2v) is 6.87. The van der Waals surface area contributed by atoms with Crippen molar-refractivity contribution in [2.24, 2.45) is 0 Å². The van der Waals surface area contributed by atoms with Crippen LogP contribution < -0.4 is 0 Å². The fraction of sp³-hybridized carbons (Fsp3) is 0.526. The van der Waals surface area contributed by atoms with Crippen LogP contribution in [0.1, 0.15) is 46.2 Å². The van der Waals surface area contributed by atoms with Crippen LogP contribution in [-0.2, 0) is 11.3 Å². The van der Waals surface area contributed by atoms with E-state index in [-0.39, 0.29) is 12.1 Å². The number of hydrogen-bond donors (Lipinski definition) is 0. The third-order valence-electron chi connectivity index (χ3n) is 4.79. The fourth-order valence-corrected chi connectivity index (χ4v) is 3.59. The number of benzene rings is 1. The molecule has 124 valence electrons. The smallest absolute Gasteiger partial charge is 0.154 e. The predicted octanol–water partition coefficient (Wildman–Crippen LogP) is 3.87. The monoisotopic (exact) mass is 314 g/mol. The molecule has 3 rings (SSSR count). The fourth-order valence-electron chi connectivity index (χ4n) is 3.59. The number of likely N-dealkylation sites (N-methyl/N-ethyl adjacent to an activating group) is 1. The van der Waals surface area contributed by atoms with Gasteiger partial charge in [-0.1, -0.05) is 22.9 Å². The first-order valence-corrected chi connectivity index (χ1v) is 8.26. The Hall–Kier alpha value is -1.65. The lowest BCUT2D eigenvalue weighted by molar-refractivity contribution is 0.0474. The Morgan fingerprint density at radius 2 is 1.87 bits per heavy atom. The largest absolute Gasteiger partial charge is 0.372 e. The number of hydrogen-bond acceptors (Lipinski definition) is 4. The molecule has 1 aromatic heterocycles. The van der Waals surface area contributed by atoms with Crippen LogP contribution in [0.2, 0.25) is 0 Å². The summed E-state index contributed by atoms with van der Waals surface area (Å²) < 4.78 is 11.6. The topological polar surface area (TPSA) is 38.5 Å². The van der Waals surface area contributed by atoms with Gasteiger partial charge in [0.2, 0.25) is 0 Å². The van der Waals surface area contributed by atoms with Gasteiger partial charge >= 0.3 is 0 Å². The Balaban J connectivity index is 1.64. The zero-order chi connectivity index (χ0) is 16.6. The first-order chi connectivity index (χ1) is 10.9. The SMILES string of the molecule is Cc1cc(C)c(COC2CC(c3cc(C)no3)N(C)C2)c(C)c1. The van der Waals surface area contributed by atoms with Crippen LogP contribution in [0.4, 0.5) is 0 Å². The van der Waals surface area contributed by atoms with Gasteiger partial charge in [-0.3, -0.25) is 4.90 Å². The highest BCUT2D eigenvalue weighted by molar-refractivity contribution is 5.37. The molecule has 1 aliphatic heterocycles. The van der Waals surface area contributed by atoms with E-state index >= 15 is 0 Å². The zero-order valence-corrected chi connectivity index (χ0v) is 14.7. The number of likely N-dealkylation sites (tertiary alicyclic amines) is 1. The van der Waals surface area contributed by atoms with Crippen LogP contribution in [0.15, 0.2) is 22.7 Å². The summed E-state index contributed by atoms with van der Waals surface area (Å²) in [5, 5.41) is 4.00. The summed E-state index contributed by atoms with van der Waals surface area (Å²) in [7, 11) is 2.12. The molecule has 0 spiro atoms. The molecular formula is C19H26N2O2. The molecule has 0 aliphatic carbocycles. The van der Waals surface area contributed by atoms with E-state index in [0.717, 1.165) is 24.4 Å². The summed E-state index contributed by atoms with van der Waals surface area (Å²) in [5.74, 6) is 0.943. The maximum atomic E-state index is 6.22. The third-order valence-corrected chi connectivity index (χ3v) is 4.79. The highest BCUT2D eigenvalue weighted by Crippen LogP contribution is 2.33. The summed E-state index contributed by atoms with van der Waals surface area (Å²) in [5.41, 5.74) is 6.19. The first-order valence-electron chi connectivity index (χ1n) is 8.26. The lowest BCUT2D eigenvalue weighted by atomic mass is 10.0. The Morgan fingerprint density at radius 3 is 2.48 bits per heavy atom. The minimum atomic E-state index is 0.232. The quantitative estimate of drug-likeness (QED) is 0.858. The third kappa shape index (κ3) is 3.48. The van der Waals surface area contributed by atoms with Gasteiger partial charge in [0.1, 0.15) is 0 Å². The van der Waals surface area contributed by atoms with Crippen molar-refractivity contribution in [3.05, 3.63) is 51.9 Å². The molecule has 0 N–H and O–H groups in total. The number of rotatable bonds is 4. The molecule has 0 saturated carbocycles. The van der Waals surface area contributed by atoms with Crippen LogP contribution in [-0.4, -0.2) is 29.8 Å². The molecule has 2 heterocycles. The second kappa shape index (κ2) is 6.46. The van der Waals surface area contributed by atoms with Gasteiger partial charge in [0.15, 0.2) is 5.76 Å². The minimum absolute atomic E-state index is 0.232. The first kappa shape index (κ1) is 16.2. The molecule has 2 unspecified atom stereocenters. The predicted molar refractivity (Wildman–Crippen MR) is 90.5 cm³/mol. The number of nitrogens with zero attached hydrogens (tertiary/aromatic N) is 2. The minimum Gasteiger partial charge on any atom is -0.372 e. The Bertz CT molecular complexity index is 669. The van der Waals surface area contributed by atoms with Gasteiger partial charge in [0, 0.05) is 12.6 Å². The molecule has 0 bridgehead atoms. The van der Waals surface area contributed by atoms with Gasteiger partial charge in [0.05, 0.1) is 24.4 Å². The van der Waals surface area contributed by atoms with E-state index in [1.54, 1.807) is 0 Å². The average Bonchev–Trinajstić information content (AvgIpc) is 3.03. The lowest BCUT2D eigenvalue weighted by Crippen LogP contribution is -2.20. The number of aromatic nitrogens is 1. The standard InChI is InChI=1S/C19H26N2O2/c1-12-6-13(2)17(14(3)7-12)11-22-16-9-18(21(5)10-16)19-8-15(4)20-23-19/h6-8,16,18H,9-11H2,1-5H3. The molecule has 1 saturated heterocycles. The van der Waals surface area contributed by atoms with Gasteiger partial charge in [0.25, 0.3) is 0 Å². The van der Waals surface area contributed by atoms with Crippen molar-refractivity contribution in [3.63, 3.8) is 0 Å². The van der Waals surface area contributed by atoms with E-state index in [0.29, 0.717) is 6.61 Å². The molecule has 2 aromatic rings. The van der Waals surface area contributed by atoms with E-state index in [2.05, 4.69) is 50.0 Å². The van der Waals surface area contributed by atoms with E-state index in [4.69, 9.17) is 9.26 Å². The van der Waals surface area contributed by atoms with Crippen LogP contribution in [0.5, 0.6) is 0 Å². The maximum absolute atomic E-state index is 6.22. The number of aryl methyl sites for hydroxylation is 4. The van der Waals surface area contributed by atoms with E-state index < -0.39 is 0 Å². The van der Waals surface area contributed by atoms with Crippen molar-refractivity contribution in [2.75, 3.05) is 13.6 Å². The summed E-state index contributed by atoms with van der Waals surface area (Å²) in [6.45, 7) is 10.0. The van der Waals surface area contributed by atoms with Gasteiger partial charge in [-0.05, 0) is 57.9 Å². The van der Waals surface area contributed by atoms with Crippen LogP contribution >= 0.6 is 0 Å². The summed E-state index contributed by atoms with van der Waals surface area (Å²) in [4.78, 5) is 2.29. The Labute approximate surface area is 138 Å². The van der Waals surface area contributed by atoms with Crippen molar-refractivity contribution in [3.8, 4) is 0 Å². The van der Waals surface area contributed by atoms with Crippen LogP contribution in [0.25, 0.3) is 0 Å². The summed E-state index contributed by atoms with van der Waals surface area (Å²) in [6.07, 6.45) is 1.19.